The fourth-order valence-corrected chi connectivity index (χ4v) is 2.65. The minimum absolute atomic E-state index is 0.343. The minimum Gasteiger partial charge on any atom is -0.260 e. The van der Waals surface area contributed by atoms with Crippen LogP contribution in [0.5, 0.6) is 0 Å². The molecule has 0 aliphatic heterocycles. The van der Waals surface area contributed by atoms with Gasteiger partial charge in [-0.3, -0.25) is 5.43 Å². The van der Waals surface area contributed by atoms with E-state index >= 15 is 0 Å². The highest BCUT2D eigenvalue weighted by Gasteiger charge is 2.06. The number of hydrogen-bond donors (Lipinski definition) is 1. The Morgan fingerprint density at radius 1 is 0.833 bits per heavy atom. The zero-order valence-corrected chi connectivity index (χ0v) is 13.3. The Balaban J connectivity index is 1.78. The number of hydrogen-bond acceptors (Lipinski definition) is 5. The lowest BCUT2D eigenvalue weighted by Gasteiger charge is -2.07. The first-order chi connectivity index (χ1) is 11.8. The molecule has 0 aliphatic carbocycles. The Bertz CT molecular complexity index is 990. The van der Waals surface area contributed by atoms with E-state index in [1.165, 1.54) is 0 Å². The number of pyridine rings is 1. The van der Waals surface area contributed by atoms with Gasteiger partial charge in [0.15, 0.2) is 11.0 Å². The molecule has 0 amide bonds. The first kappa shape index (κ1) is 14.5. The van der Waals surface area contributed by atoms with Crippen molar-refractivity contribution >= 4 is 45.4 Å². The summed E-state index contributed by atoms with van der Waals surface area (Å²) in [7, 11) is 0. The standard InChI is InChI=1S/C18H12ClN5/c19-17-9-10-18(24-22-17)23-20-11-14-12-5-1-3-7-15(12)21-16-8-4-2-6-13(14)16/h1-11H,(H,23,24)/b20-11+. The van der Waals surface area contributed by atoms with Crippen molar-refractivity contribution in [3.05, 3.63) is 71.4 Å². The summed E-state index contributed by atoms with van der Waals surface area (Å²) in [4.78, 5) is 4.70. The maximum Gasteiger partial charge on any atom is 0.168 e. The Labute approximate surface area is 143 Å². The average molecular weight is 334 g/mol. The average Bonchev–Trinajstić information content (AvgIpc) is 2.63. The van der Waals surface area contributed by atoms with E-state index in [0.717, 1.165) is 27.4 Å². The minimum atomic E-state index is 0.343. The second kappa shape index (κ2) is 6.22. The zero-order valence-electron chi connectivity index (χ0n) is 12.5. The first-order valence-corrected chi connectivity index (χ1v) is 7.75. The lowest BCUT2D eigenvalue weighted by atomic mass is 10.0. The monoisotopic (exact) mass is 333 g/mol. The predicted octanol–water partition coefficient (Wildman–Crippen LogP) is 4.28. The number of hydrazone groups is 1. The molecule has 2 aromatic carbocycles. The van der Waals surface area contributed by atoms with Crippen LogP contribution in [0.2, 0.25) is 5.15 Å². The first-order valence-electron chi connectivity index (χ1n) is 7.37. The van der Waals surface area contributed by atoms with Gasteiger partial charge >= 0.3 is 0 Å². The van der Waals surface area contributed by atoms with Crippen LogP contribution in [-0.2, 0) is 0 Å². The third-order valence-electron chi connectivity index (χ3n) is 3.63. The molecule has 0 saturated heterocycles. The lowest BCUT2D eigenvalue weighted by molar-refractivity contribution is 1.02. The summed E-state index contributed by atoms with van der Waals surface area (Å²) in [6.45, 7) is 0. The van der Waals surface area contributed by atoms with Crippen LogP contribution in [0, 0.1) is 0 Å². The molecule has 0 radical (unpaired) electrons. The molecular weight excluding hydrogens is 322 g/mol. The summed E-state index contributed by atoms with van der Waals surface area (Å²) < 4.78 is 0. The summed E-state index contributed by atoms with van der Waals surface area (Å²) in [5.41, 5.74) is 5.74. The van der Waals surface area contributed by atoms with Crippen molar-refractivity contribution in [2.24, 2.45) is 5.10 Å². The summed E-state index contributed by atoms with van der Waals surface area (Å²) in [5, 5.41) is 14.4. The number of nitrogens with zero attached hydrogens (tertiary/aromatic N) is 4. The van der Waals surface area contributed by atoms with Crippen molar-refractivity contribution in [3.8, 4) is 0 Å². The van der Waals surface area contributed by atoms with Crippen LogP contribution in [0.1, 0.15) is 5.56 Å². The van der Waals surface area contributed by atoms with Gasteiger partial charge in [-0.2, -0.15) is 5.10 Å². The maximum atomic E-state index is 5.73. The highest BCUT2D eigenvalue weighted by molar-refractivity contribution is 6.29. The zero-order chi connectivity index (χ0) is 16.4. The molecule has 1 N–H and O–H groups in total. The van der Waals surface area contributed by atoms with E-state index in [-0.39, 0.29) is 0 Å². The maximum absolute atomic E-state index is 5.73. The smallest absolute Gasteiger partial charge is 0.168 e. The number of fused-ring (bicyclic) bond motifs is 2. The van der Waals surface area contributed by atoms with Crippen molar-refractivity contribution in [3.63, 3.8) is 0 Å². The Morgan fingerprint density at radius 2 is 1.50 bits per heavy atom. The summed E-state index contributed by atoms with van der Waals surface area (Å²) >= 11 is 5.73. The van der Waals surface area contributed by atoms with Gasteiger partial charge in [-0.05, 0) is 24.3 Å². The third kappa shape index (κ3) is 2.77. The summed E-state index contributed by atoms with van der Waals surface area (Å²) in [6.07, 6.45) is 1.78. The summed E-state index contributed by atoms with van der Waals surface area (Å²) in [6, 6.07) is 19.4. The van der Waals surface area contributed by atoms with Crippen LogP contribution in [0.4, 0.5) is 5.82 Å². The number of halogens is 1. The van der Waals surface area contributed by atoms with E-state index < -0.39 is 0 Å². The van der Waals surface area contributed by atoms with Gasteiger partial charge in [0.2, 0.25) is 0 Å². The Hall–Kier alpha value is -3.05. The molecule has 24 heavy (non-hydrogen) atoms. The molecule has 2 aromatic heterocycles. The second-order valence-electron chi connectivity index (χ2n) is 5.17. The highest BCUT2D eigenvalue weighted by atomic mass is 35.5. The molecule has 116 valence electrons. The van der Waals surface area contributed by atoms with E-state index in [4.69, 9.17) is 16.6 Å². The van der Waals surface area contributed by atoms with E-state index in [2.05, 4.69) is 20.7 Å². The Kier molecular flexibility index (Phi) is 3.76. The van der Waals surface area contributed by atoms with Crippen molar-refractivity contribution in [2.75, 3.05) is 5.43 Å². The van der Waals surface area contributed by atoms with Gasteiger partial charge in [-0.15, -0.1) is 10.2 Å². The molecule has 0 unspecified atom stereocenters. The molecule has 5 nitrogen and oxygen atoms in total. The Morgan fingerprint density at radius 3 is 2.12 bits per heavy atom. The van der Waals surface area contributed by atoms with Crippen molar-refractivity contribution < 1.29 is 0 Å². The normalized spacial score (nSPS) is 11.4. The molecule has 6 heteroatoms. The van der Waals surface area contributed by atoms with Gasteiger partial charge < -0.3 is 0 Å². The molecule has 4 rings (SSSR count). The van der Waals surface area contributed by atoms with Crippen molar-refractivity contribution in [1.82, 2.24) is 15.2 Å². The van der Waals surface area contributed by atoms with Crippen LogP contribution in [-0.4, -0.2) is 21.4 Å². The molecule has 2 heterocycles. The molecule has 0 saturated carbocycles. The largest absolute Gasteiger partial charge is 0.260 e. The number of rotatable bonds is 3. The molecule has 0 fully saturated rings. The molecule has 0 aliphatic rings. The van der Waals surface area contributed by atoms with Crippen molar-refractivity contribution in [2.45, 2.75) is 0 Å². The van der Waals surface area contributed by atoms with Gasteiger partial charge in [0.25, 0.3) is 0 Å². The number of anilines is 1. The topological polar surface area (TPSA) is 63.1 Å². The predicted molar refractivity (Wildman–Crippen MR) is 97.5 cm³/mol. The molecule has 0 spiro atoms. The highest BCUT2D eigenvalue weighted by Crippen LogP contribution is 2.24. The number of benzene rings is 2. The van der Waals surface area contributed by atoms with Crippen LogP contribution in [0.3, 0.4) is 0 Å². The molecule has 4 aromatic rings. The third-order valence-corrected chi connectivity index (χ3v) is 3.84. The van der Waals surface area contributed by atoms with Gasteiger partial charge in [-0.25, -0.2) is 4.98 Å². The van der Waals surface area contributed by atoms with Gasteiger partial charge in [-0.1, -0.05) is 48.0 Å². The van der Waals surface area contributed by atoms with Crippen LogP contribution < -0.4 is 5.43 Å². The second-order valence-corrected chi connectivity index (χ2v) is 5.56. The SMILES string of the molecule is Clc1ccc(N/N=C/c2c3ccccc3nc3ccccc23)nn1. The molecule has 0 atom stereocenters. The fourth-order valence-electron chi connectivity index (χ4n) is 2.55. The van der Waals surface area contributed by atoms with E-state index in [1.54, 1.807) is 18.3 Å². The quantitative estimate of drug-likeness (QED) is 0.345. The number of aromatic nitrogens is 3. The van der Waals surface area contributed by atoms with Gasteiger partial charge in [0, 0.05) is 16.3 Å². The number of nitrogens with one attached hydrogen (secondary N) is 1. The van der Waals surface area contributed by atoms with E-state index in [1.807, 2.05) is 48.5 Å². The molecular formula is C18H12ClN5. The molecule has 0 bridgehead atoms. The van der Waals surface area contributed by atoms with E-state index in [9.17, 15) is 0 Å². The fraction of sp³-hybridized carbons (Fsp3) is 0. The lowest BCUT2D eigenvalue weighted by Crippen LogP contribution is -1.97. The van der Waals surface area contributed by atoms with Gasteiger partial charge in [0.1, 0.15) is 0 Å². The van der Waals surface area contributed by atoms with Crippen LogP contribution in [0.15, 0.2) is 65.8 Å². The van der Waals surface area contributed by atoms with Crippen molar-refractivity contribution in [1.29, 1.82) is 0 Å². The van der Waals surface area contributed by atoms with Crippen LogP contribution in [0.25, 0.3) is 21.8 Å². The van der Waals surface area contributed by atoms with Crippen LogP contribution >= 0.6 is 11.6 Å². The number of para-hydroxylation sites is 2. The van der Waals surface area contributed by atoms with E-state index in [0.29, 0.717) is 11.0 Å². The van der Waals surface area contributed by atoms with Gasteiger partial charge in [0.05, 0.1) is 17.2 Å². The summed E-state index contributed by atoms with van der Waals surface area (Å²) in [5.74, 6) is 0.526.